The lowest BCUT2D eigenvalue weighted by Gasteiger charge is -2.19. The van der Waals surface area contributed by atoms with Gasteiger partial charge in [0.25, 0.3) is 0 Å². The summed E-state index contributed by atoms with van der Waals surface area (Å²) in [5, 5.41) is 14.0. The molecule has 0 saturated carbocycles. The van der Waals surface area contributed by atoms with Gasteiger partial charge in [0.05, 0.1) is 6.61 Å². The average molecular weight is 378 g/mol. The summed E-state index contributed by atoms with van der Waals surface area (Å²) in [6.45, 7) is 5.50. The molecule has 2 N–H and O–H groups in total. The highest BCUT2D eigenvalue weighted by molar-refractivity contribution is 7.15. The van der Waals surface area contributed by atoms with E-state index >= 15 is 0 Å². The summed E-state index contributed by atoms with van der Waals surface area (Å²) in [5.41, 5.74) is -0.615. The van der Waals surface area contributed by atoms with Crippen LogP contribution in [0.2, 0.25) is 0 Å². The summed E-state index contributed by atoms with van der Waals surface area (Å²) in [5.74, 6) is 0.387. The highest BCUT2D eigenvalue weighted by atomic mass is 32.1. The molecule has 2 amide bonds. The first-order valence-electron chi connectivity index (χ1n) is 8.09. The van der Waals surface area contributed by atoms with Crippen molar-refractivity contribution in [1.29, 1.82) is 0 Å². The van der Waals surface area contributed by atoms with Crippen LogP contribution in [0.15, 0.2) is 30.3 Å². The smallest absolute Gasteiger partial charge is 0.408 e. The number of anilines is 1. The van der Waals surface area contributed by atoms with Crippen molar-refractivity contribution >= 4 is 28.5 Å². The molecule has 0 fully saturated rings. The second-order valence-electron chi connectivity index (χ2n) is 6.32. The highest BCUT2D eigenvalue weighted by Crippen LogP contribution is 2.16. The molecule has 0 bridgehead atoms. The van der Waals surface area contributed by atoms with Crippen LogP contribution in [-0.2, 0) is 16.0 Å². The van der Waals surface area contributed by atoms with Gasteiger partial charge in [-0.2, -0.15) is 0 Å². The van der Waals surface area contributed by atoms with Crippen LogP contribution in [0.5, 0.6) is 5.75 Å². The third-order valence-corrected chi connectivity index (χ3v) is 3.73. The fraction of sp³-hybridized carbons (Fsp3) is 0.412. The summed E-state index contributed by atoms with van der Waals surface area (Å²) in [7, 11) is 0. The Hall–Kier alpha value is -2.68. The van der Waals surface area contributed by atoms with Crippen LogP contribution in [0.3, 0.4) is 0 Å². The van der Waals surface area contributed by atoms with Crippen molar-refractivity contribution in [2.75, 3.05) is 18.5 Å². The first-order valence-corrected chi connectivity index (χ1v) is 8.90. The third-order valence-electron chi connectivity index (χ3n) is 2.83. The Kier molecular flexibility index (Phi) is 6.90. The number of nitrogens with zero attached hydrogens (tertiary/aromatic N) is 2. The Labute approximate surface area is 155 Å². The lowest BCUT2D eigenvalue weighted by molar-refractivity contribution is -0.115. The zero-order valence-corrected chi connectivity index (χ0v) is 15.8. The van der Waals surface area contributed by atoms with E-state index in [2.05, 4.69) is 20.8 Å². The number of hydrogen-bond donors (Lipinski definition) is 2. The van der Waals surface area contributed by atoms with Gasteiger partial charge >= 0.3 is 6.09 Å². The first kappa shape index (κ1) is 19.6. The predicted molar refractivity (Wildman–Crippen MR) is 98.4 cm³/mol. The number of aromatic nitrogens is 2. The third kappa shape index (κ3) is 7.47. The van der Waals surface area contributed by atoms with E-state index in [4.69, 9.17) is 9.47 Å². The quantitative estimate of drug-likeness (QED) is 0.768. The van der Waals surface area contributed by atoms with Crippen molar-refractivity contribution in [3.63, 3.8) is 0 Å². The number of alkyl carbamates (subject to hydrolysis) is 1. The Morgan fingerprint density at radius 3 is 2.58 bits per heavy atom. The number of ether oxygens (including phenoxy) is 2. The van der Waals surface area contributed by atoms with E-state index in [1.807, 2.05) is 30.3 Å². The standard InChI is InChI=1S/C17H22N4O4S/c1-17(2,3)25-16(23)18-11-13(22)19-15-21-20-14(26-15)9-10-24-12-7-5-4-6-8-12/h4-8H,9-11H2,1-3H3,(H,18,23)(H,19,21,22). The van der Waals surface area contributed by atoms with Crippen LogP contribution in [-0.4, -0.2) is 41.0 Å². The number of para-hydroxylation sites is 1. The second-order valence-corrected chi connectivity index (χ2v) is 7.38. The zero-order chi connectivity index (χ0) is 19.0. The maximum atomic E-state index is 11.8. The molecule has 0 unspecified atom stereocenters. The van der Waals surface area contributed by atoms with Crippen LogP contribution >= 0.6 is 11.3 Å². The molecule has 140 valence electrons. The Morgan fingerprint density at radius 1 is 1.15 bits per heavy atom. The molecular formula is C17H22N4O4S. The van der Waals surface area contributed by atoms with E-state index < -0.39 is 17.6 Å². The molecule has 1 aromatic heterocycles. The second kappa shape index (κ2) is 9.14. The number of nitrogens with one attached hydrogen (secondary N) is 2. The van der Waals surface area contributed by atoms with E-state index in [9.17, 15) is 9.59 Å². The van der Waals surface area contributed by atoms with Crippen LogP contribution in [0, 0.1) is 0 Å². The van der Waals surface area contributed by atoms with Gasteiger partial charge in [-0.1, -0.05) is 29.5 Å². The van der Waals surface area contributed by atoms with E-state index in [1.165, 1.54) is 11.3 Å². The molecule has 8 nitrogen and oxygen atoms in total. The minimum atomic E-state index is -0.649. The number of benzene rings is 1. The molecule has 2 rings (SSSR count). The van der Waals surface area contributed by atoms with Gasteiger partial charge in [0.2, 0.25) is 11.0 Å². The number of carbonyl (C=O) groups is 2. The lowest BCUT2D eigenvalue weighted by atomic mass is 10.2. The Balaban J connectivity index is 1.70. The van der Waals surface area contributed by atoms with Gasteiger partial charge in [0.15, 0.2) is 0 Å². The normalized spacial score (nSPS) is 10.9. The summed E-state index contributed by atoms with van der Waals surface area (Å²) < 4.78 is 10.6. The summed E-state index contributed by atoms with van der Waals surface area (Å²) in [6.07, 6.45) is -0.0675. The lowest BCUT2D eigenvalue weighted by Crippen LogP contribution is -2.37. The molecular weight excluding hydrogens is 356 g/mol. The van der Waals surface area contributed by atoms with Crippen molar-refractivity contribution in [3.8, 4) is 5.75 Å². The van der Waals surface area contributed by atoms with E-state index in [0.717, 1.165) is 10.8 Å². The monoisotopic (exact) mass is 378 g/mol. The zero-order valence-electron chi connectivity index (χ0n) is 14.9. The van der Waals surface area contributed by atoms with Crippen molar-refractivity contribution < 1.29 is 19.1 Å². The fourth-order valence-electron chi connectivity index (χ4n) is 1.81. The maximum absolute atomic E-state index is 11.8. The molecule has 9 heteroatoms. The van der Waals surface area contributed by atoms with Crippen molar-refractivity contribution in [2.45, 2.75) is 32.8 Å². The number of rotatable bonds is 7. The number of hydrogen-bond acceptors (Lipinski definition) is 7. The molecule has 0 aliphatic carbocycles. The number of carbonyl (C=O) groups excluding carboxylic acids is 2. The van der Waals surface area contributed by atoms with Gasteiger partial charge in [0.1, 0.15) is 22.9 Å². The van der Waals surface area contributed by atoms with E-state index in [1.54, 1.807) is 20.8 Å². The summed E-state index contributed by atoms with van der Waals surface area (Å²) >= 11 is 1.26. The summed E-state index contributed by atoms with van der Waals surface area (Å²) in [4.78, 5) is 23.3. The van der Waals surface area contributed by atoms with Crippen LogP contribution in [0.1, 0.15) is 25.8 Å². The molecule has 26 heavy (non-hydrogen) atoms. The van der Waals surface area contributed by atoms with Gasteiger partial charge < -0.3 is 14.8 Å². The largest absolute Gasteiger partial charge is 0.493 e. The van der Waals surface area contributed by atoms with Gasteiger partial charge in [-0.25, -0.2) is 4.79 Å². The van der Waals surface area contributed by atoms with Crippen molar-refractivity contribution in [1.82, 2.24) is 15.5 Å². The van der Waals surface area contributed by atoms with Gasteiger partial charge in [-0.15, -0.1) is 10.2 Å². The van der Waals surface area contributed by atoms with Gasteiger partial charge in [-0.3, -0.25) is 10.1 Å². The molecule has 2 aromatic rings. The van der Waals surface area contributed by atoms with Crippen molar-refractivity contribution in [2.24, 2.45) is 0 Å². The minimum Gasteiger partial charge on any atom is -0.493 e. The Morgan fingerprint density at radius 2 is 1.88 bits per heavy atom. The molecule has 0 atom stereocenters. The molecule has 0 saturated heterocycles. The molecule has 0 aliphatic rings. The number of amides is 2. The fourth-order valence-corrected chi connectivity index (χ4v) is 2.54. The van der Waals surface area contributed by atoms with Crippen molar-refractivity contribution in [3.05, 3.63) is 35.3 Å². The molecule has 0 aliphatic heterocycles. The highest BCUT2D eigenvalue weighted by Gasteiger charge is 2.17. The average Bonchev–Trinajstić information content (AvgIpc) is 3.00. The maximum Gasteiger partial charge on any atom is 0.408 e. The topological polar surface area (TPSA) is 102 Å². The summed E-state index contributed by atoms with van der Waals surface area (Å²) in [6, 6.07) is 9.48. The van der Waals surface area contributed by atoms with Gasteiger partial charge in [-0.05, 0) is 32.9 Å². The van der Waals surface area contributed by atoms with Crippen LogP contribution in [0.4, 0.5) is 9.93 Å². The molecule has 1 heterocycles. The SMILES string of the molecule is CC(C)(C)OC(=O)NCC(=O)Nc1nnc(CCOc2ccccc2)s1. The van der Waals surface area contributed by atoms with Crippen LogP contribution in [0.25, 0.3) is 0 Å². The molecule has 0 radical (unpaired) electrons. The van der Waals surface area contributed by atoms with E-state index in [-0.39, 0.29) is 6.54 Å². The first-order chi connectivity index (χ1) is 12.3. The van der Waals surface area contributed by atoms with Gasteiger partial charge in [0, 0.05) is 6.42 Å². The van der Waals surface area contributed by atoms with Crippen LogP contribution < -0.4 is 15.4 Å². The van der Waals surface area contributed by atoms with E-state index in [0.29, 0.717) is 18.2 Å². The Bertz CT molecular complexity index is 728. The molecule has 0 spiro atoms. The molecule has 1 aromatic carbocycles. The predicted octanol–water partition coefficient (Wildman–Crippen LogP) is 2.62. The minimum absolute atomic E-state index is 0.207.